The maximum atomic E-state index is 14.7. The molecule has 65 nitrogen and oxygen atoms in total. The number of ether oxygens (including phenoxy) is 7. The molecule has 7 fully saturated rings. The molecule has 7 aliphatic heterocycles. The van der Waals surface area contributed by atoms with Gasteiger partial charge in [-0.15, -0.1) is 0 Å². The normalized spacial score (nSPS) is 29.7. The molecule has 6 unspecified atom stereocenters. The number of fused-ring (bicyclic) bond motifs is 3. The predicted molar refractivity (Wildman–Crippen MR) is 464 cm³/mol. The third-order valence-corrected chi connectivity index (χ3v) is 29.4. The van der Waals surface area contributed by atoms with E-state index in [2.05, 4.69) is 64.8 Å². The van der Waals surface area contributed by atoms with Gasteiger partial charge in [-0.25, -0.2) is 76.5 Å². The number of nitrogens with two attached hydrogens (primary N) is 5. The number of aliphatic hydroxyl groups excluding tert-OH is 2. The number of nitrogen functional groups attached to an aromatic ring is 5. The van der Waals surface area contributed by atoms with Crippen molar-refractivity contribution in [3.63, 3.8) is 0 Å². The number of aromatic amines is 4. The van der Waals surface area contributed by atoms with Crippen LogP contribution in [0.1, 0.15) is 99.7 Å². The fraction of sp³-hybridized carbons (Fsp3) is 0.544. The average Bonchev–Trinajstić information content (AvgIpc) is 1.63. The Morgan fingerprint density at radius 2 is 0.721 bits per heavy atom. The van der Waals surface area contributed by atoms with E-state index in [0.29, 0.717) is 0 Å². The number of rotatable bonds is 38. The van der Waals surface area contributed by atoms with Gasteiger partial charge in [-0.1, -0.05) is 0 Å². The molecule has 7 aliphatic rings. The Kier molecular flexibility index (Phi) is 29.3. The van der Waals surface area contributed by atoms with Gasteiger partial charge in [0.05, 0.1) is 65.0 Å². The molecule has 17 heterocycles. The van der Waals surface area contributed by atoms with Crippen LogP contribution in [-0.2, 0) is 115 Å². The Morgan fingerprint density at radius 3 is 1.09 bits per heavy atom. The fourth-order valence-corrected chi connectivity index (χ4v) is 22.5. The smallest absolute Gasteiger partial charge is 0.394 e. The molecule has 7 saturated heterocycles. The molecular weight excluding hydrogens is 2020 g/mol. The minimum Gasteiger partial charge on any atom is -0.394 e. The van der Waals surface area contributed by atoms with E-state index in [1.807, 2.05) is 0 Å². The van der Waals surface area contributed by atoms with Crippen LogP contribution in [0.4, 0.5) is 29.2 Å². The van der Waals surface area contributed by atoms with E-state index in [9.17, 15) is 101 Å². The summed E-state index contributed by atoms with van der Waals surface area (Å²) in [6.07, 6.45) is -27.1. The van der Waals surface area contributed by atoms with Crippen molar-refractivity contribution in [1.82, 2.24) is 96.8 Å². The number of imidazole rings is 3. The summed E-state index contributed by atoms with van der Waals surface area (Å²) >= 11 is 5.56. The molecule has 27 atom stereocenters. The molecule has 0 spiro atoms. The molecule has 0 aliphatic carbocycles. The van der Waals surface area contributed by atoms with Crippen molar-refractivity contribution in [2.24, 2.45) is 0 Å². The third-order valence-electron chi connectivity index (χ3n) is 23.0. The second kappa shape index (κ2) is 40.4. The van der Waals surface area contributed by atoms with Crippen LogP contribution in [0.25, 0.3) is 33.5 Å². The van der Waals surface area contributed by atoms with Crippen LogP contribution in [0, 0.1) is 18.6 Å². The van der Waals surface area contributed by atoms with E-state index in [1.54, 1.807) is 0 Å². The van der Waals surface area contributed by atoms with E-state index in [0.717, 1.165) is 54.0 Å². The first-order valence-corrected chi connectivity index (χ1v) is 51.1. The number of aliphatic hydroxyl groups is 2. The minimum absolute atomic E-state index is 0.0278. The zero-order valence-electron chi connectivity index (χ0n) is 72.1. The van der Waals surface area contributed by atoms with Gasteiger partial charge in [-0.3, -0.25) is 116 Å². The maximum absolute atomic E-state index is 14.7. The zero-order valence-corrected chi connectivity index (χ0v) is 78.3. The summed E-state index contributed by atoms with van der Waals surface area (Å²) in [5.74, 6) is -0.830. The van der Waals surface area contributed by atoms with Crippen molar-refractivity contribution in [2.75, 3.05) is 74.9 Å². The van der Waals surface area contributed by atoms with Crippen molar-refractivity contribution in [2.45, 2.75) is 188 Å². The average molecular weight is 2110 g/mol. The van der Waals surface area contributed by atoms with E-state index in [-0.39, 0.29) is 85.5 Å². The molecule has 760 valence electrons. The summed E-state index contributed by atoms with van der Waals surface area (Å²) in [5, 5.41) is 21.3. The third kappa shape index (κ3) is 22.7. The quantitative estimate of drug-likeness (QED) is 0.0147. The monoisotopic (exact) mass is 2110 g/mol. The number of phosphoric acid groups is 6. The largest absolute Gasteiger partial charge is 0.472 e. The number of nitrogens with zero attached hydrogens (tertiary/aromatic N) is 16. The highest BCUT2D eigenvalue weighted by molar-refractivity contribution is 7.71. The lowest BCUT2D eigenvalue weighted by Crippen LogP contribution is -2.33. The Hall–Kier alpha value is -9.91. The molecule has 0 amide bonds. The van der Waals surface area contributed by atoms with Gasteiger partial charge >= 0.3 is 69.7 Å². The van der Waals surface area contributed by atoms with E-state index < -0.39 is 300 Å². The lowest BCUT2D eigenvalue weighted by Gasteiger charge is -2.26. The number of phosphoric ester groups is 6. The Bertz CT molecular complexity index is 7200. The Labute approximate surface area is 783 Å². The van der Waals surface area contributed by atoms with Crippen molar-refractivity contribution < 1.29 is 154 Å². The summed E-state index contributed by atoms with van der Waals surface area (Å²) in [6, 6.07) is 2.39. The number of aryl methyl sites for hydroxylation is 2. The Morgan fingerprint density at radius 1 is 0.400 bits per heavy atom. The summed E-state index contributed by atoms with van der Waals surface area (Å²) in [7, 11) is -33.5. The number of hydrogen-bond donors (Lipinski definition) is 17. The highest BCUT2D eigenvalue weighted by Crippen LogP contribution is 2.58. The number of nitrogens with one attached hydrogen (secondary N) is 4. The first kappa shape index (κ1) is 102. The van der Waals surface area contributed by atoms with E-state index in [1.165, 1.54) is 54.1 Å². The van der Waals surface area contributed by atoms with Crippen molar-refractivity contribution >= 4 is 122 Å². The van der Waals surface area contributed by atoms with Crippen molar-refractivity contribution in [3.8, 4) is 0 Å². The molecular formula is C68H87N25O40P6S. The fourth-order valence-electron chi connectivity index (χ4n) is 16.4. The SMILES string of the molecule is Cc1cn([C@H]2C[C@H](OP(=O)(O)OC[C@H]3O[C@@H](n4c(=S)[nH]c5c(=O)[nH]c(N)nc54)C[C@@H]3OP(=O)(O)OC[C@H]3O[C@@H](n4cc(C)c(=O)[nH]c4=O)C[C@@H]3OP(=O)(O)OC[C@H]3O[C@@H](n4ccc(N)nc4=O)C[C@@H]3OP(=O)(O)OC[C@H]3O[C@@H](n4cnc5c(N)ncnc54)C[C@@H]3O)[C@@H](COP(=O)(O)O[C@H]3C[C@H](n4ccc(N)nc4=O)O[C@@H]3COP(=O)(O)O[C@H]3C[C@H](n4cnc5c(N)ncnc54)O[C@@H]3CO)O2)c(=O)[nH]c1=O. The van der Waals surface area contributed by atoms with Gasteiger partial charge in [0.1, 0.15) is 158 Å². The summed E-state index contributed by atoms with van der Waals surface area (Å²) < 4.78 is 201. The lowest BCUT2D eigenvalue weighted by molar-refractivity contribution is -0.0656. The van der Waals surface area contributed by atoms with Gasteiger partial charge in [-0.2, -0.15) is 15.0 Å². The van der Waals surface area contributed by atoms with Crippen LogP contribution in [0.15, 0.2) is 95.8 Å². The Balaban J connectivity index is 0.579. The van der Waals surface area contributed by atoms with E-state index in [4.69, 9.17) is 128 Å². The predicted octanol–water partition coefficient (Wildman–Crippen LogP) is -2.02. The van der Waals surface area contributed by atoms with Crippen LogP contribution in [0.3, 0.4) is 0 Å². The van der Waals surface area contributed by atoms with Gasteiger partial charge in [0.2, 0.25) is 5.95 Å². The number of H-pyrrole nitrogens is 4. The van der Waals surface area contributed by atoms with E-state index >= 15 is 0 Å². The van der Waals surface area contributed by atoms with Crippen molar-refractivity contribution in [3.05, 3.63) is 151 Å². The van der Waals surface area contributed by atoms with Gasteiger partial charge in [-0.05, 0) is 38.2 Å². The molecule has 0 aromatic carbocycles. The molecule has 10 aromatic heterocycles. The molecule has 72 heteroatoms. The highest BCUT2D eigenvalue weighted by Gasteiger charge is 2.53. The second-order valence-corrected chi connectivity index (χ2v) is 41.2. The molecule has 17 rings (SSSR count). The lowest BCUT2D eigenvalue weighted by atomic mass is 10.2. The summed E-state index contributed by atoms with van der Waals surface area (Å²) in [6.45, 7) is -4.72. The standard InChI is InChI=1S/C68H87N25O40P6S/c1-27-14-89(66(101)85-60(27)96)48-11-33(131-137(109,110)117-19-39-31(9-46(124-39)87-5-3-43(69)80-64(87)99)129-134(103,104)115-17-37-29(95)7-45(122-37)91-25-78-52-55(71)74-23-76-57(52)91)41(126-48)21-119-139(113,114)133-35-13-51(93-59-54(82-68(93)140)62(98)84-63(73)83-59)127-42(35)22-120-138(111,112)132-34-12-49(90-15-28(2)61(97)86-67(90)102)125-40(34)20-118-136(107,108)130-32-10-47(88-6-4-44(70)81-65(88)100)123-38(32)18-116-135(105,106)128-30-8-50(121-36(30)16-94)92-26-79-53-56(72)75-24-77-58(53)92/h3-6,14-15,23-26,29-42,45-51,94-95H,7-13,16-22H2,1-2H3,(H,82,140)(H,103,104)(H,105,106)(H,107,108)(H,109,110)(H,111,112)(H,113,114)(H2,69,80,99)(H2,70,81,100)(H2,71,74,76)(H2,72,75,77)(H,85,96,101)(H,86,97,102)(H3,73,83,84,98)/t29-,30-,31-,32-,33-,34-,35-,36+,37+,38+,39+,40+,41+,42+,45+,46+,47+,48+,49+,50+,51+/m0/s1. The van der Waals surface area contributed by atoms with Crippen LogP contribution in [0.5, 0.6) is 0 Å². The van der Waals surface area contributed by atoms with Gasteiger partial charge in [0, 0.05) is 80.9 Å². The van der Waals surface area contributed by atoms with Gasteiger partial charge in [0.15, 0.2) is 38.9 Å². The summed E-state index contributed by atoms with van der Waals surface area (Å²) in [5.41, 5.74) is 22.7. The van der Waals surface area contributed by atoms with Gasteiger partial charge < -0.3 is 106 Å². The number of anilines is 5. The second-order valence-electron chi connectivity index (χ2n) is 32.4. The molecule has 22 N–H and O–H groups in total. The first-order valence-electron chi connectivity index (χ1n) is 41.7. The molecule has 10 aromatic rings. The van der Waals surface area contributed by atoms with Gasteiger partial charge in [0.25, 0.3) is 16.7 Å². The minimum atomic E-state index is -5.77. The number of hydrogen-bond acceptors (Lipinski definition) is 49. The molecule has 0 saturated carbocycles. The van der Waals surface area contributed by atoms with Crippen LogP contribution >= 0.6 is 59.2 Å². The van der Waals surface area contributed by atoms with Crippen LogP contribution in [-0.4, -0.2) is 268 Å². The number of aromatic nitrogens is 20. The zero-order chi connectivity index (χ0) is 99.9. The van der Waals surface area contributed by atoms with Crippen LogP contribution in [0.2, 0.25) is 0 Å². The summed E-state index contributed by atoms with van der Waals surface area (Å²) in [4.78, 5) is 206. The van der Waals surface area contributed by atoms with Crippen molar-refractivity contribution in [1.29, 1.82) is 0 Å². The maximum Gasteiger partial charge on any atom is 0.472 e. The van der Waals surface area contributed by atoms with Crippen LogP contribution < -0.4 is 68.1 Å². The first-order chi connectivity index (χ1) is 66.2. The molecule has 0 bridgehead atoms. The highest BCUT2D eigenvalue weighted by atomic mass is 32.1. The topological polar surface area (TPSA) is 903 Å². The molecule has 140 heavy (non-hydrogen) atoms. The molecule has 0 radical (unpaired) electrons.